The number of hydrogen-bond acceptors (Lipinski definition) is 4. The largest absolute Gasteiger partial charge is 0.369 e. The van der Waals surface area contributed by atoms with Gasteiger partial charge in [-0.2, -0.15) is 5.10 Å². The summed E-state index contributed by atoms with van der Waals surface area (Å²) in [7, 11) is 1.85. The summed E-state index contributed by atoms with van der Waals surface area (Å²) in [6.07, 6.45) is 1.68. The van der Waals surface area contributed by atoms with Gasteiger partial charge in [0.15, 0.2) is 0 Å². The number of amides is 2. The number of hydrogen-bond donors (Lipinski definition) is 2. The minimum absolute atomic E-state index is 0.0869. The van der Waals surface area contributed by atoms with E-state index >= 15 is 0 Å². The second-order valence-electron chi connectivity index (χ2n) is 6.17. The van der Waals surface area contributed by atoms with Crippen LogP contribution in [0.4, 0.5) is 5.69 Å². The molecule has 1 aliphatic heterocycles. The summed E-state index contributed by atoms with van der Waals surface area (Å²) in [5.74, 6) is -0.529. The first kappa shape index (κ1) is 16.5. The molecule has 0 unspecified atom stereocenters. The average molecular weight is 307 g/mol. The van der Waals surface area contributed by atoms with Crippen molar-refractivity contribution < 1.29 is 9.59 Å². The third-order valence-electron chi connectivity index (χ3n) is 4.53. The van der Waals surface area contributed by atoms with Gasteiger partial charge in [0.25, 0.3) is 0 Å². The highest BCUT2D eigenvalue weighted by molar-refractivity contribution is 5.93. The summed E-state index contributed by atoms with van der Waals surface area (Å²) in [6, 6.07) is 0.275. The Bertz CT molecular complexity index is 581. The Balaban J connectivity index is 2.00. The van der Waals surface area contributed by atoms with Crippen molar-refractivity contribution in [2.24, 2.45) is 18.7 Å². The fraction of sp³-hybridized carbons (Fsp3) is 0.667. The number of nitrogens with two attached hydrogens (primary N) is 1. The van der Waals surface area contributed by atoms with Crippen molar-refractivity contribution in [1.82, 2.24) is 14.7 Å². The molecule has 7 nitrogen and oxygen atoms in total. The number of carbonyl (C=O) groups is 2. The summed E-state index contributed by atoms with van der Waals surface area (Å²) in [4.78, 5) is 25.7. The molecular weight excluding hydrogens is 282 g/mol. The number of piperidine rings is 1. The molecule has 0 saturated carbocycles. The van der Waals surface area contributed by atoms with Crippen molar-refractivity contribution >= 4 is 17.5 Å². The van der Waals surface area contributed by atoms with Crippen LogP contribution < -0.4 is 11.1 Å². The Morgan fingerprint density at radius 2 is 2.05 bits per heavy atom. The van der Waals surface area contributed by atoms with Crippen LogP contribution in [0.5, 0.6) is 0 Å². The maximum atomic E-state index is 12.3. The lowest BCUT2D eigenvalue weighted by Crippen LogP contribution is -2.48. The van der Waals surface area contributed by atoms with Gasteiger partial charge in [-0.3, -0.25) is 19.2 Å². The lowest BCUT2D eigenvalue weighted by atomic mass is 9.93. The zero-order valence-electron chi connectivity index (χ0n) is 13.7. The van der Waals surface area contributed by atoms with Crippen molar-refractivity contribution in [3.8, 4) is 0 Å². The molecule has 2 heterocycles. The Hall–Kier alpha value is -1.89. The normalized spacial score (nSPS) is 22.5. The Morgan fingerprint density at radius 3 is 2.59 bits per heavy atom. The number of aromatic nitrogens is 2. The van der Waals surface area contributed by atoms with Gasteiger partial charge in [0, 0.05) is 19.6 Å². The number of anilines is 1. The Labute approximate surface area is 130 Å². The highest BCUT2D eigenvalue weighted by Gasteiger charge is 2.29. The van der Waals surface area contributed by atoms with Crippen molar-refractivity contribution in [3.63, 3.8) is 0 Å². The molecule has 122 valence electrons. The van der Waals surface area contributed by atoms with Gasteiger partial charge >= 0.3 is 0 Å². The van der Waals surface area contributed by atoms with Gasteiger partial charge in [-0.15, -0.1) is 0 Å². The smallest absolute Gasteiger partial charge is 0.238 e. The molecule has 2 amide bonds. The fourth-order valence-corrected chi connectivity index (χ4v) is 2.95. The molecule has 1 aliphatic rings. The van der Waals surface area contributed by atoms with E-state index < -0.39 is 0 Å². The van der Waals surface area contributed by atoms with E-state index in [9.17, 15) is 9.59 Å². The van der Waals surface area contributed by atoms with Crippen molar-refractivity contribution in [2.75, 3.05) is 18.4 Å². The van der Waals surface area contributed by atoms with Gasteiger partial charge in [-0.25, -0.2) is 0 Å². The van der Waals surface area contributed by atoms with E-state index in [0.29, 0.717) is 6.54 Å². The zero-order chi connectivity index (χ0) is 16.4. The average Bonchev–Trinajstić information content (AvgIpc) is 2.67. The van der Waals surface area contributed by atoms with E-state index in [1.54, 1.807) is 4.68 Å². The summed E-state index contributed by atoms with van der Waals surface area (Å²) in [5, 5.41) is 7.22. The SMILES string of the molecule is Cc1nn(C)c(C)c1NC(=O)CN1C[C@H](C(N)=O)CC[C@H]1C. The molecule has 0 spiro atoms. The molecule has 0 radical (unpaired) electrons. The van der Waals surface area contributed by atoms with E-state index in [1.807, 2.05) is 25.8 Å². The quantitative estimate of drug-likeness (QED) is 0.850. The molecule has 2 atom stereocenters. The molecule has 3 N–H and O–H groups in total. The third-order valence-corrected chi connectivity index (χ3v) is 4.53. The minimum Gasteiger partial charge on any atom is -0.369 e. The van der Waals surface area contributed by atoms with E-state index in [-0.39, 0.29) is 30.3 Å². The topological polar surface area (TPSA) is 93.2 Å². The summed E-state index contributed by atoms with van der Waals surface area (Å²) < 4.78 is 1.75. The van der Waals surface area contributed by atoms with Gasteiger partial charge in [-0.05, 0) is 33.6 Å². The monoisotopic (exact) mass is 307 g/mol. The number of primary amides is 1. The van der Waals surface area contributed by atoms with Crippen LogP contribution in [0, 0.1) is 19.8 Å². The van der Waals surface area contributed by atoms with Crippen LogP contribution in [0.2, 0.25) is 0 Å². The van der Waals surface area contributed by atoms with Gasteiger partial charge < -0.3 is 11.1 Å². The number of likely N-dealkylation sites (tertiary alicyclic amines) is 1. The highest BCUT2D eigenvalue weighted by Crippen LogP contribution is 2.22. The lowest BCUT2D eigenvalue weighted by molar-refractivity contribution is -0.126. The summed E-state index contributed by atoms with van der Waals surface area (Å²) in [6.45, 7) is 6.68. The number of nitrogens with one attached hydrogen (secondary N) is 1. The number of rotatable bonds is 4. The standard InChI is InChI=1S/C15H25N5O2/c1-9-5-6-12(15(16)22)7-20(9)8-13(21)17-14-10(2)18-19(4)11(14)3/h9,12H,5-8H2,1-4H3,(H2,16,22)(H,17,21)/t9-,12-/m1/s1. The van der Waals surface area contributed by atoms with Crippen molar-refractivity contribution in [3.05, 3.63) is 11.4 Å². The molecule has 0 aromatic carbocycles. The molecular formula is C15H25N5O2. The molecule has 1 aromatic heterocycles. The second-order valence-corrected chi connectivity index (χ2v) is 6.17. The van der Waals surface area contributed by atoms with Crippen LogP contribution in [-0.4, -0.2) is 45.6 Å². The predicted octanol–water partition coefficient (Wildman–Crippen LogP) is 0.561. The van der Waals surface area contributed by atoms with Crippen LogP contribution in [0.3, 0.4) is 0 Å². The first-order valence-electron chi connectivity index (χ1n) is 7.63. The molecule has 1 saturated heterocycles. The maximum Gasteiger partial charge on any atom is 0.238 e. The number of carbonyl (C=O) groups excluding carboxylic acids is 2. The first-order chi connectivity index (χ1) is 10.3. The molecule has 1 aromatic rings. The summed E-state index contributed by atoms with van der Waals surface area (Å²) in [5.41, 5.74) is 7.89. The molecule has 1 fully saturated rings. The molecule has 2 rings (SSSR count). The van der Waals surface area contributed by atoms with Crippen LogP contribution >= 0.6 is 0 Å². The van der Waals surface area contributed by atoms with Crippen molar-refractivity contribution in [2.45, 2.75) is 39.7 Å². The van der Waals surface area contributed by atoms with Gasteiger partial charge in [-0.1, -0.05) is 0 Å². The van der Waals surface area contributed by atoms with Gasteiger partial charge in [0.1, 0.15) is 0 Å². The van der Waals surface area contributed by atoms with E-state index in [1.165, 1.54) is 0 Å². The van der Waals surface area contributed by atoms with E-state index in [2.05, 4.69) is 17.3 Å². The minimum atomic E-state index is -0.281. The zero-order valence-corrected chi connectivity index (χ0v) is 13.7. The molecule has 7 heteroatoms. The van der Waals surface area contributed by atoms with Gasteiger partial charge in [0.05, 0.1) is 29.5 Å². The Kier molecular flexibility index (Phi) is 4.85. The summed E-state index contributed by atoms with van der Waals surface area (Å²) >= 11 is 0. The lowest BCUT2D eigenvalue weighted by Gasteiger charge is -2.36. The first-order valence-corrected chi connectivity index (χ1v) is 7.63. The van der Waals surface area contributed by atoms with Crippen LogP contribution in [0.1, 0.15) is 31.2 Å². The van der Waals surface area contributed by atoms with Gasteiger partial charge in [0.2, 0.25) is 11.8 Å². The van der Waals surface area contributed by atoms with Crippen LogP contribution in [0.25, 0.3) is 0 Å². The maximum absolute atomic E-state index is 12.3. The number of aryl methyl sites for hydroxylation is 2. The second kappa shape index (κ2) is 6.48. The highest BCUT2D eigenvalue weighted by atomic mass is 16.2. The molecule has 22 heavy (non-hydrogen) atoms. The van der Waals surface area contributed by atoms with E-state index in [0.717, 1.165) is 29.9 Å². The molecule has 0 aliphatic carbocycles. The Morgan fingerprint density at radius 1 is 1.36 bits per heavy atom. The molecule has 0 bridgehead atoms. The van der Waals surface area contributed by atoms with E-state index in [4.69, 9.17) is 5.73 Å². The van der Waals surface area contributed by atoms with Crippen molar-refractivity contribution in [1.29, 1.82) is 0 Å². The predicted molar refractivity (Wildman–Crippen MR) is 84.3 cm³/mol. The number of nitrogens with zero attached hydrogens (tertiary/aromatic N) is 3. The fourth-order valence-electron chi connectivity index (χ4n) is 2.95. The third kappa shape index (κ3) is 3.47. The van der Waals surface area contributed by atoms with Crippen LogP contribution in [-0.2, 0) is 16.6 Å². The van der Waals surface area contributed by atoms with Crippen LogP contribution in [0.15, 0.2) is 0 Å².